The summed E-state index contributed by atoms with van der Waals surface area (Å²) in [5.74, 6) is 0. The quantitative estimate of drug-likeness (QED) is 0.511. The molecule has 29 heavy (non-hydrogen) atoms. The van der Waals surface area contributed by atoms with E-state index in [-0.39, 0.29) is 4.47 Å². The van der Waals surface area contributed by atoms with Crippen LogP contribution in [0.25, 0.3) is 0 Å². The Morgan fingerprint density at radius 1 is 0.828 bits per heavy atom. The fourth-order valence-corrected chi connectivity index (χ4v) is 1.84. The SMILES string of the molecule is N#Cc1cc(C(O)(C(F)(F)F)C(F)(F)F)ccc1Br.OC(C(F)(F)F)C(F)(F)F. The highest BCUT2D eigenvalue weighted by Crippen LogP contribution is 2.50. The maximum atomic E-state index is 12.6. The van der Waals surface area contributed by atoms with E-state index in [1.165, 1.54) is 6.07 Å². The van der Waals surface area contributed by atoms with Gasteiger partial charge in [-0.15, -0.1) is 0 Å². The summed E-state index contributed by atoms with van der Waals surface area (Å²) in [6.45, 7) is 0. The molecule has 0 heterocycles. The molecule has 0 bridgehead atoms. The Hall–Kier alpha value is -1.73. The third kappa shape index (κ3) is 6.37. The Balaban J connectivity index is 0.000000665. The summed E-state index contributed by atoms with van der Waals surface area (Å²) < 4.78 is 141. The molecule has 0 saturated heterocycles. The predicted molar refractivity (Wildman–Crippen MR) is 73.0 cm³/mol. The molecule has 166 valence electrons. The number of aliphatic hydroxyl groups excluding tert-OH is 1. The Kier molecular flexibility index (Phi) is 8.05. The molecular weight excluding hydrogens is 510 g/mol. The van der Waals surface area contributed by atoms with Crippen LogP contribution in [-0.4, -0.2) is 41.0 Å². The molecule has 0 radical (unpaired) electrons. The smallest absolute Gasteiger partial charge is 0.377 e. The molecule has 1 rings (SSSR count). The van der Waals surface area contributed by atoms with Gasteiger partial charge in [0.05, 0.1) is 5.56 Å². The van der Waals surface area contributed by atoms with Gasteiger partial charge in [0.1, 0.15) is 6.07 Å². The third-order valence-electron chi connectivity index (χ3n) is 2.95. The summed E-state index contributed by atoms with van der Waals surface area (Å²) in [6, 6.07) is 3.04. The lowest BCUT2D eigenvalue weighted by molar-refractivity contribution is -0.376. The van der Waals surface area contributed by atoms with Crippen molar-refractivity contribution in [3.05, 3.63) is 33.8 Å². The summed E-state index contributed by atoms with van der Waals surface area (Å²) >= 11 is 2.79. The Morgan fingerprint density at radius 2 is 1.21 bits per heavy atom. The zero-order chi connectivity index (χ0) is 23.6. The fourth-order valence-electron chi connectivity index (χ4n) is 1.51. The first kappa shape index (κ1) is 27.3. The molecule has 0 saturated carbocycles. The van der Waals surface area contributed by atoms with Crippen LogP contribution in [-0.2, 0) is 5.60 Å². The van der Waals surface area contributed by atoms with Gasteiger partial charge >= 0.3 is 24.7 Å². The first-order valence-electron chi connectivity index (χ1n) is 6.48. The maximum Gasteiger partial charge on any atom is 0.430 e. The van der Waals surface area contributed by atoms with Crippen molar-refractivity contribution < 1.29 is 62.9 Å². The molecule has 0 amide bonds. The summed E-state index contributed by atoms with van der Waals surface area (Å²) in [5.41, 5.74) is -6.94. The van der Waals surface area contributed by atoms with E-state index in [4.69, 9.17) is 15.5 Å². The minimum absolute atomic E-state index is 0.0189. The van der Waals surface area contributed by atoms with Crippen molar-refractivity contribution in [2.45, 2.75) is 36.4 Å². The number of halogens is 13. The lowest BCUT2D eigenvalue weighted by atomic mass is 9.91. The van der Waals surface area contributed by atoms with Gasteiger partial charge in [0, 0.05) is 10.0 Å². The van der Waals surface area contributed by atoms with Crippen molar-refractivity contribution in [1.29, 1.82) is 5.26 Å². The van der Waals surface area contributed by atoms with Crippen molar-refractivity contribution in [3.63, 3.8) is 0 Å². The molecular formula is C13H6BrF12NO2. The number of alkyl halides is 12. The first-order valence-corrected chi connectivity index (χ1v) is 7.27. The van der Waals surface area contributed by atoms with Gasteiger partial charge in [-0.05, 0) is 28.1 Å². The molecule has 1 aromatic rings. The van der Waals surface area contributed by atoms with Crippen LogP contribution in [0.15, 0.2) is 22.7 Å². The van der Waals surface area contributed by atoms with E-state index in [1.807, 2.05) is 0 Å². The zero-order valence-electron chi connectivity index (χ0n) is 13.1. The van der Waals surface area contributed by atoms with E-state index < -0.39 is 47.5 Å². The summed E-state index contributed by atoms with van der Waals surface area (Å²) in [6.07, 6.45) is -27.4. The van der Waals surface area contributed by atoms with Gasteiger partial charge in [-0.1, -0.05) is 6.07 Å². The minimum Gasteiger partial charge on any atom is -0.377 e. The van der Waals surface area contributed by atoms with E-state index in [0.717, 1.165) is 6.07 Å². The topological polar surface area (TPSA) is 64.2 Å². The Morgan fingerprint density at radius 3 is 1.45 bits per heavy atom. The van der Waals surface area contributed by atoms with Crippen LogP contribution in [0.4, 0.5) is 52.7 Å². The summed E-state index contributed by atoms with van der Waals surface area (Å²) in [4.78, 5) is 0. The second kappa shape index (κ2) is 8.56. The van der Waals surface area contributed by atoms with Crippen LogP contribution in [0.1, 0.15) is 11.1 Å². The Labute approximate surface area is 161 Å². The molecule has 0 atom stereocenters. The van der Waals surface area contributed by atoms with E-state index in [1.54, 1.807) is 0 Å². The van der Waals surface area contributed by atoms with Crippen molar-refractivity contribution in [1.82, 2.24) is 0 Å². The third-order valence-corrected chi connectivity index (χ3v) is 3.64. The van der Waals surface area contributed by atoms with Crippen LogP contribution in [0.3, 0.4) is 0 Å². The second-order valence-corrected chi connectivity index (χ2v) is 5.85. The van der Waals surface area contributed by atoms with Crippen LogP contribution in [0.5, 0.6) is 0 Å². The molecule has 0 fully saturated rings. The van der Waals surface area contributed by atoms with Crippen molar-refractivity contribution >= 4 is 15.9 Å². The Bertz CT molecular complexity index is 717. The second-order valence-electron chi connectivity index (χ2n) is 5.00. The number of nitrogens with zero attached hydrogens (tertiary/aromatic N) is 1. The zero-order valence-corrected chi connectivity index (χ0v) is 14.7. The van der Waals surface area contributed by atoms with Crippen molar-refractivity contribution in [3.8, 4) is 6.07 Å². The average Bonchev–Trinajstić information content (AvgIpc) is 2.50. The highest BCUT2D eigenvalue weighted by Gasteiger charge is 2.71. The monoisotopic (exact) mass is 515 g/mol. The molecule has 0 aliphatic rings. The molecule has 16 heteroatoms. The van der Waals surface area contributed by atoms with Crippen LogP contribution >= 0.6 is 15.9 Å². The van der Waals surface area contributed by atoms with E-state index in [0.29, 0.717) is 12.1 Å². The highest BCUT2D eigenvalue weighted by molar-refractivity contribution is 9.10. The molecule has 0 aliphatic carbocycles. The summed E-state index contributed by atoms with van der Waals surface area (Å²) in [5, 5.41) is 25.2. The molecule has 1 aromatic carbocycles. The number of hydrogen-bond acceptors (Lipinski definition) is 3. The van der Waals surface area contributed by atoms with E-state index in [9.17, 15) is 52.7 Å². The maximum absolute atomic E-state index is 12.6. The van der Waals surface area contributed by atoms with Gasteiger partial charge in [0.25, 0.3) is 5.60 Å². The van der Waals surface area contributed by atoms with Gasteiger partial charge in [0.15, 0.2) is 0 Å². The molecule has 0 unspecified atom stereocenters. The molecule has 2 N–H and O–H groups in total. The number of benzene rings is 1. The summed E-state index contributed by atoms with van der Waals surface area (Å²) in [7, 11) is 0. The van der Waals surface area contributed by atoms with Crippen LogP contribution in [0, 0.1) is 11.3 Å². The fraction of sp³-hybridized carbons (Fsp3) is 0.462. The molecule has 3 nitrogen and oxygen atoms in total. The van der Waals surface area contributed by atoms with Gasteiger partial charge in [-0.2, -0.15) is 57.9 Å². The highest BCUT2D eigenvalue weighted by atomic mass is 79.9. The van der Waals surface area contributed by atoms with Crippen molar-refractivity contribution in [2.75, 3.05) is 0 Å². The lowest BCUT2D eigenvalue weighted by Gasteiger charge is -2.32. The minimum atomic E-state index is -5.97. The van der Waals surface area contributed by atoms with Crippen LogP contribution < -0.4 is 0 Å². The van der Waals surface area contributed by atoms with Gasteiger partial charge in [-0.3, -0.25) is 0 Å². The lowest BCUT2D eigenvalue weighted by Crippen LogP contribution is -2.53. The van der Waals surface area contributed by atoms with E-state index >= 15 is 0 Å². The van der Waals surface area contributed by atoms with E-state index in [2.05, 4.69) is 15.9 Å². The standard InChI is InChI=1S/C10H4BrF6NO.C3H2F6O/c11-7-2-1-6(3-5(7)4-18)8(19,9(12,13)14)10(15,16)17;4-2(5,6)1(10)3(7,8)9/h1-3,19H;1,10H. The molecule has 0 spiro atoms. The number of rotatable bonds is 1. The molecule has 0 aliphatic heterocycles. The predicted octanol–water partition coefficient (Wildman–Crippen LogP) is 5.10. The number of nitriles is 1. The van der Waals surface area contributed by atoms with Gasteiger partial charge in [0.2, 0.25) is 6.10 Å². The molecule has 0 aromatic heterocycles. The van der Waals surface area contributed by atoms with Gasteiger partial charge in [-0.25, -0.2) is 0 Å². The first-order chi connectivity index (χ1) is 12.6. The van der Waals surface area contributed by atoms with Crippen molar-refractivity contribution in [2.24, 2.45) is 0 Å². The number of hydrogen-bond donors (Lipinski definition) is 2. The number of aliphatic hydroxyl groups is 2. The average molecular weight is 516 g/mol. The normalized spacial score (nSPS) is 13.6. The largest absolute Gasteiger partial charge is 0.430 e. The van der Waals surface area contributed by atoms with Crippen LogP contribution in [0.2, 0.25) is 0 Å². The van der Waals surface area contributed by atoms with Gasteiger partial charge < -0.3 is 10.2 Å².